The van der Waals surface area contributed by atoms with Gasteiger partial charge in [-0.3, -0.25) is 0 Å². The number of hydrogen-bond donors (Lipinski definition) is 0. The first-order chi connectivity index (χ1) is 4.97. The van der Waals surface area contributed by atoms with Gasteiger partial charge in [0.1, 0.15) is 12.4 Å². The van der Waals surface area contributed by atoms with Crippen LogP contribution in [0.2, 0.25) is 0 Å². The fourth-order valence-electron chi connectivity index (χ4n) is 1.06. The van der Waals surface area contributed by atoms with Gasteiger partial charge in [-0.15, -0.1) is 0 Å². The van der Waals surface area contributed by atoms with Crippen LogP contribution in [0.1, 0.15) is 5.56 Å². The Hall–Kier alpha value is 0.695. The number of para-hydroxylation sites is 1. The van der Waals surface area contributed by atoms with E-state index in [0.717, 1.165) is 5.75 Å². The third kappa shape index (κ3) is 4.15. The van der Waals surface area contributed by atoms with Crippen molar-refractivity contribution in [1.82, 2.24) is 0 Å². The largest absolute Gasteiger partial charge is 0.489 e. The summed E-state index contributed by atoms with van der Waals surface area (Å²) in [4.78, 5) is 0. The van der Waals surface area contributed by atoms with Crippen molar-refractivity contribution in [3.8, 4) is 5.75 Å². The average Bonchev–Trinajstić information content (AvgIpc) is 2.05. The summed E-state index contributed by atoms with van der Waals surface area (Å²) in [5.41, 5.74) is 1.17. The maximum absolute atomic E-state index is 5.34. The van der Waals surface area contributed by atoms with Crippen LogP contribution in [0.5, 0.6) is 5.75 Å². The summed E-state index contributed by atoms with van der Waals surface area (Å²) < 4.78 is 5.34. The smallest absolute Gasteiger partial charge is 0.187 e. The molecule has 0 saturated carbocycles. The Morgan fingerprint density at radius 1 is 1.15 bits per heavy atom. The van der Waals surface area contributed by atoms with E-state index in [4.69, 9.17) is 4.74 Å². The fraction of sp³-hybridized carbons (Fsp3) is 0.111. The number of fused-ring (bicyclic) bond motifs is 1. The zero-order chi connectivity index (χ0) is 6.81. The Bertz CT molecular complexity index is 278. The molecule has 2 rings (SSSR count). The van der Waals surface area contributed by atoms with Gasteiger partial charge in [-0.25, -0.2) is 0 Å². The van der Waals surface area contributed by atoms with E-state index in [1.165, 1.54) is 5.56 Å². The maximum Gasteiger partial charge on any atom is 0.187 e. The molecular formula is C9H11AlMoOTi. The van der Waals surface area contributed by atoms with E-state index in [1.807, 2.05) is 30.3 Å². The van der Waals surface area contributed by atoms with Crippen LogP contribution in [0.25, 0.3) is 6.08 Å². The van der Waals surface area contributed by atoms with Gasteiger partial charge in [-0.2, -0.15) is 0 Å². The van der Waals surface area contributed by atoms with Gasteiger partial charge in [0, 0.05) is 48.3 Å². The van der Waals surface area contributed by atoms with E-state index in [1.54, 1.807) is 0 Å². The number of benzene rings is 1. The van der Waals surface area contributed by atoms with Crippen molar-refractivity contribution in [1.29, 1.82) is 0 Å². The van der Waals surface area contributed by atoms with Crippen LogP contribution < -0.4 is 4.74 Å². The first kappa shape index (κ1) is 16.1. The minimum absolute atomic E-state index is 0. The van der Waals surface area contributed by atoms with Crippen molar-refractivity contribution in [2.24, 2.45) is 0 Å². The summed E-state index contributed by atoms with van der Waals surface area (Å²) in [6.45, 7) is 0.705. The van der Waals surface area contributed by atoms with Crippen molar-refractivity contribution in [3.63, 3.8) is 0 Å². The van der Waals surface area contributed by atoms with Crippen LogP contribution >= 0.6 is 0 Å². The topological polar surface area (TPSA) is 9.23 Å². The van der Waals surface area contributed by atoms with E-state index in [0.29, 0.717) is 6.61 Å². The van der Waals surface area contributed by atoms with Gasteiger partial charge in [0.15, 0.2) is 17.4 Å². The van der Waals surface area contributed by atoms with E-state index in [2.05, 4.69) is 6.08 Å². The second-order valence-electron chi connectivity index (χ2n) is 2.25. The number of rotatable bonds is 0. The Kier molecular flexibility index (Phi) is 9.98. The number of ether oxygens (including phenoxy) is 1. The van der Waals surface area contributed by atoms with Crippen molar-refractivity contribution in [3.05, 3.63) is 35.9 Å². The van der Waals surface area contributed by atoms with Crippen LogP contribution in [0, 0.1) is 0 Å². The molecule has 0 aromatic heterocycles. The van der Waals surface area contributed by atoms with Gasteiger partial charge < -0.3 is 4.74 Å². The third-order valence-corrected chi connectivity index (χ3v) is 1.55. The SMILES string of the molecule is C1=Cc2ccccc2OC1.[AlH3].[Mo].[Ti]. The summed E-state index contributed by atoms with van der Waals surface area (Å²) in [5.74, 6) is 0.991. The monoisotopic (exact) mass is 308 g/mol. The molecule has 0 spiro atoms. The normalized spacial score (nSPS) is 10.8. The molecule has 1 aromatic rings. The molecule has 1 heterocycles. The summed E-state index contributed by atoms with van der Waals surface area (Å²) >= 11 is 0. The van der Waals surface area contributed by atoms with Crippen LogP contribution in [0.4, 0.5) is 0 Å². The molecule has 0 unspecified atom stereocenters. The zero-order valence-electron chi connectivity index (χ0n) is 6.49. The fourth-order valence-corrected chi connectivity index (χ4v) is 1.06. The van der Waals surface area contributed by atoms with Gasteiger partial charge in [0.25, 0.3) is 0 Å². The molecule has 1 nitrogen and oxygen atoms in total. The predicted molar refractivity (Wildman–Crippen MR) is 50.9 cm³/mol. The van der Waals surface area contributed by atoms with Crippen LogP contribution in [-0.2, 0) is 42.8 Å². The Morgan fingerprint density at radius 2 is 1.85 bits per heavy atom. The summed E-state index contributed by atoms with van der Waals surface area (Å²) in [6.07, 6.45) is 4.10. The Balaban J connectivity index is 0. The minimum atomic E-state index is 0. The van der Waals surface area contributed by atoms with Gasteiger partial charge >= 0.3 is 0 Å². The van der Waals surface area contributed by atoms with Crippen LogP contribution in [-0.4, -0.2) is 24.0 Å². The maximum atomic E-state index is 5.34. The van der Waals surface area contributed by atoms with E-state index < -0.39 is 0 Å². The summed E-state index contributed by atoms with van der Waals surface area (Å²) in [6, 6.07) is 8.03. The first-order valence-electron chi connectivity index (χ1n) is 3.35. The molecule has 0 saturated heterocycles. The standard InChI is InChI=1S/C9H8O.Al.Mo.Ti.3H/c1-2-6-9-8(4-1)5-3-7-10-9;;;;;;/h1-6H,7H2;;;;;;. The van der Waals surface area contributed by atoms with Crippen molar-refractivity contribution in [2.45, 2.75) is 0 Å². The number of hydrogen-bond acceptors (Lipinski definition) is 1. The molecule has 66 valence electrons. The van der Waals surface area contributed by atoms with Gasteiger partial charge in [-0.1, -0.05) is 24.3 Å². The Labute approximate surface area is 118 Å². The molecular weight excluding hydrogens is 295 g/mol. The van der Waals surface area contributed by atoms with Crippen molar-refractivity contribution in [2.75, 3.05) is 6.61 Å². The molecule has 4 heteroatoms. The molecule has 0 radical (unpaired) electrons. The Morgan fingerprint density at radius 3 is 2.54 bits per heavy atom. The molecule has 13 heavy (non-hydrogen) atoms. The van der Waals surface area contributed by atoms with Crippen molar-refractivity contribution < 1.29 is 47.5 Å². The molecule has 0 atom stereocenters. The molecule has 0 N–H and O–H groups in total. The summed E-state index contributed by atoms with van der Waals surface area (Å²) in [7, 11) is 0. The van der Waals surface area contributed by atoms with E-state index in [9.17, 15) is 0 Å². The average molecular weight is 306 g/mol. The quantitative estimate of drug-likeness (QED) is 0.647. The van der Waals surface area contributed by atoms with Crippen LogP contribution in [0.3, 0.4) is 0 Å². The summed E-state index contributed by atoms with van der Waals surface area (Å²) in [5, 5.41) is 0. The van der Waals surface area contributed by atoms with Crippen molar-refractivity contribution >= 4 is 23.4 Å². The minimum Gasteiger partial charge on any atom is -0.489 e. The van der Waals surface area contributed by atoms with Gasteiger partial charge in [0.05, 0.1) is 0 Å². The zero-order valence-corrected chi connectivity index (χ0v) is 10.1. The van der Waals surface area contributed by atoms with E-state index in [-0.39, 0.29) is 60.1 Å². The molecule has 0 fully saturated rings. The predicted octanol–water partition coefficient (Wildman–Crippen LogP) is 0.903. The molecule has 1 aliphatic rings. The van der Waals surface area contributed by atoms with E-state index >= 15 is 0 Å². The third-order valence-electron chi connectivity index (χ3n) is 1.55. The second kappa shape index (κ2) is 8.04. The molecule has 1 aliphatic heterocycles. The first-order valence-corrected chi connectivity index (χ1v) is 3.35. The molecule has 0 amide bonds. The van der Waals surface area contributed by atoms with Gasteiger partial charge in [-0.05, 0) is 12.1 Å². The molecule has 0 aliphatic carbocycles. The molecule has 1 aromatic carbocycles. The van der Waals surface area contributed by atoms with Gasteiger partial charge in [0.2, 0.25) is 0 Å². The van der Waals surface area contributed by atoms with Crippen LogP contribution in [0.15, 0.2) is 30.3 Å². The second-order valence-corrected chi connectivity index (χ2v) is 2.25. The molecule has 0 bridgehead atoms.